The normalized spacial score (nSPS) is 10.6. The fraction of sp³-hybridized carbons (Fsp3) is 0.174. The molecule has 0 atom stereocenters. The maximum absolute atomic E-state index is 13.9. The number of aryl methyl sites for hydroxylation is 1. The Morgan fingerprint density at radius 2 is 1.58 bits per heavy atom. The number of methoxy groups -OCH3 is 2. The third-order valence-corrected chi connectivity index (χ3v) is 5.45. The lowest BCUT2D eigenvalue weighted by molar-refractivity contribution is 0.0599. The van der Waals surface area contributed by atoms with Crippen molar-refractivity contribution >= 4 is 27.9 Å². The Kier molecular flexibility index (Phi) is 7.27. The summed E-state index contributed by atoms with van der Waals surface area (Å²) in [5.41, 5.74) is 0.268. The number of esters is 2. The smallest absolute Gasteiger partial charge is 0.337 e. The molecule has 1 aromatic heterocycles. The molecule has 33 heavy (non-hydrogen) atoms. The van der Waals surface area contributed by atoms with Crippen molar-refractivity contribution < 1.29 is 32.6 Å². The van der Waals surface area contributed by atoms with Crippen LogP contribution in [0.4, 0.5) is 8.78 Å². The van der Waals surface area contributed by atoms with Crippen molar-refractivity contribution in [3.8, 4) is 11.4 Å². The number of pyridine rings is 1. The first-order valence-corrected chi connectivity index (χ1v) is 10.3. The zero-order valence-electron chi connectivity index (χ0n) is 17.8. The summed E-state index contributed by atoms with van der Waals surface area (Å²) in [6, 6.07) is 8.71. The Balaban J connectivity index is 2.05. The summed E-state index contributed by atoms with van der Waals surface area (Å²) in [5, 5.41) is 0. The molecular weight excluding hydrogens is 504 g/mol. The van der Waals surface area contributed by atoms with Gasteiger partial charge in [-0.25, -0.2) is 18.4 Å². The van der Waals surface area contributed by atoms with Crippen molar-refractivity contribution in [2.75, 3.05) is 14.2 Å². The van der Waals surface area contributed by atoms with Crippen LogP contribution in [0.1, 0.15) is 32.0 Å². The van der Waals surface area contributed by atoms with Gasteiger partial charge in [0, 0.05) is 23.4 Å². The van der Waals surface area contributed by atoms with E-state index in [1.165, 1.54) is 49.1 Å². The SMILES string of the molecule is COC(=O)c1cc(C(=O)OC)cc(-n2c(C)cc(OCc3ccc(F)cc3F)c(Br)c2=O)c1. The number of rotatable bonds is 6. The monoisotopic (exact) mass is 521 g/mol. The second kappa shape index (κ2) is 9.95. The number of halogens is 3. The van der Waals surface area contributed by atoms with Gasteiger partial charge in [-0.15, -0.1) is 0 Å². The molecule has 0 bridgehead atoms. The molecule has 0 unspecified atom stereocenters. The number of ether oxygens (including phenoxy) is 3. The lowest BCUT2D eigenvalue weighted by Crippen LogP contribution is -2.23. The number of hydrogen-bond acceptors (Lipinski definition) is 6. The Hall–Kier alpha value is -3.53. The fourth-order valence-corrected chi connectivity index (χ4v) is 3.52. The number of aromatic nitrogens is 1. The van der Waals surface area contributed by atoms with Gasteiger partial charge in [0.15, 0.2) is 0 Å². The van der Waals surface area contributed by atoms with E-state index in [2.05, 4.69) is 15.9 Å². The second-order valence-electron chi connectivity index (χ2n) is 6.88. The Morgan fingerprint density at radius 3 is 2.12 bits per heavy atom. The zero-order valence-corrected chi connectivity index (χ0v) is 19.4. The molecule has 3 rings (SSSR count). The zero-order chi connectivity index (χ0) is 24.3. The molecule has 0 saturated carbocycles. The van der Waals surface area contributed by atoms with E-state index in [1.807, 2.05) is 0 Å². The minimum atomic E-state index is -0.772. The van der Waals surface area contributed by atoms with Crippen molar-refractivity contribution in [2.24, 2.45) is 0 Å². The number of nitrogens with zero attached hydrogens (tertiary/aromatic N) is 1. The number of benzene rings is 2. The molecule has 0 saturated heterocycles. The van der Waals surface area contributed by atoms with Gasteiger partial charge in [0.25, 0.3) is 5.56 Å². The van der Waals surface area contributed by atoms with Crippen LogP contribution in [0.5, 0.6) is 5.75 Å². The highest BCUT2D eigenvalue weighted by molar-refractivity contribution is 9.10. The third-order valence-electron chi connectivity index (χ3n) is 4.72. The molecule has 0 radical (unpaired) electrons. The van der Waals surface area contributed by atoms with Gasteiger partial charge in [0.2, 0.25) is 0 Å². The fourth-order valence-electron chi connectivity index (χ4n) is 3.11. The minimum Gasteiger partial charge on any atom is -0.487 e. The van der Waals surface area contributed by atoms with Crippen LogP contribution in [0.25, 0.3) is 5.69 Å². The lowest BCUT2D eigenvalue weighted by atomic mass is 10.1. The van der Waals surface area contributed by atoms with E-state index in [4.69, 9.17) is 14.2 Å². The van der Waals surface area contributed by atoms with Crippen LogP contribution in [0, 0.1) is 18.6 Å². The largest absolute Gasteiger partial charge is 0.487 e. The lowest BCUT2D eigenvalue weighted by Gasteiger charge is -2.16. The second-order valence-corrected chi connectivity index (χ2v) is 7.67. The Morgan fingerprint density at radius 1 is 0.970 bits per heavy atom. The van der Waals surface area contributed by atoms with Gasteiger partial charge < -0.3 is 14.2 Å². The quantitative estimate of drug-likeness (QED) is 0.448. The highest BCUT2D eigenvalue weighted by atomic mass is 79.9. The van der Waals surface area contributed by atoms with Crippen LogP contribution in [-0.2, 0) is 16.1 Å². The van der Waals surface area contributed by atoms with Crippen molar-refractivity contribution in [3.05, 3.63) is 91.3 Å². The number of carbonyl (C=O) groups excluding carboxylic acids is 2. The maximum atomic E-state index is 13.9. The molecule has 3 aromatic rings. The summed E-state index contributed by atoms with van der Waals surface area (Å²) in [5.74, 6) is -2.75. The first kappa shape index (κ1) is 24.1. The third kappa shape index (κ3) is 5.11. The maximum Gasteiger partial charge on any atom is 0.337 e. The number of hydrogen-bond donors (Lipinski definition) is 0. The van der Waals surface area contributed by atoms with Gasteiger partial charge in [-0.3, -0.25) is 9.36 Å². The van der Waals surface area contributed by atoms with Crippen molar-refractivity contribution in [3.63, 3.8) is 0 Å². The van der Waals surface area contributed by atoms with Gasteiger partial charge in [0.1, 0.15) is 28.5 Å². The molecule has 0 aliphatic heterocycles. The van der Waals surface area contributed by atoms with Crippen molar-refractivity contribution in [1.82, 2.24) is 4.57 Å². The summed E-state index contributed by atoms with van der Waals surface area (Å²) in [7, 11) is 2.38. The van der Waals surface area contributed by atoms with E-state index in [1.54, 1.807) is 6.92 Å². The summed E-state index contributed by atoms with van der Waals surface area (Å²) < 4.78 is 43.3. The molecule has 1 heterocycles. The van der Waals surface area contributed by atoms with E-state index in [0.717, 1.165) is 12.1 Å². The van der Waals surface area contributed by atoms with Crippen LogP contribution in [0.2, 0.25) is 0 Å². The summed E-state index contributed by atoms with van der Waals surface area (Å²) >= 11 is 3.19. The molecule has 0 aliphatic rings. The number of carbonyl (C=O) groups is 2. The van der Waals surface area contributed by atoms with E-state index >= 15 is 0 Å². The first-order valence-electron chi connectivity index (χ1n) is 9.47. The van der Waals surface area contributed by atoms with Gasteiger partial charge >= 0.3 is 11.9 Å². The van der Waals surface area contributed by atoms with Gasteiger partial charge in [-0.05, 0) is 53.2 Å². The van der Waals surface area contributed by atoms with Crippen LogP contribution < -0.4 is 10.3 Å². The molecule has 0 N–H and O–H groups in total. The van der Waals surface area contributed by atoms with Crippen LogP contribution in [0.15, 0.2) is 51.7 Å². The summed E-state index contributed by atoms with van der Waals surface area (Å²) in [6.07, 6.45) is 0. The first-order chi connectivity index (χ1) is 15.7. The molecule has 7 nitrogen and oxygen atoms in total. The van der Waals surface area contributed by atoms with Crippen molar-refractivity contribution in [1.29, 1.82) is 0 Å². The Labute approximate surface area is 195 Å². The molecule has 10 heteroatoms. The highest BCUT2D eigenvalue weighted by Crippen LogP contribution is 2.26. The van der Waals surface area contributed by atoms with Gasteiger partial charge in [-0.1, -0.05) is 0 Å². The topological polar surface area (TPSA) is 83.8 Å². The molecular formula is C23H18BrF2NO6. The van der Waals surface area contributed by atoms with Gasteiger partial charge in [0.05, 0.1) is 31.0 Å². The standard InChI is InChI=1S/C23H18BrF2NO6/c1-12-6-19(33-11-13-4-5-16(25)10-18(13)26)20(24)21(28)27(12)17-8-14(22(29)31-2)7-15(9-17)23(30)32-3/h4-10H,11H2,1-3H3. The minimum absolute atomic E-state index is 0.0266. The summed E-state index contributed by atoms with van der Waals surface area (Å²) in [6.45, 7) is 1.37. The average Bonchev–Trinajstić information content (AvgIpc) is 2.80. The average molecular weight is 522 g/mol. The van der Waals surface area contributed by atoms with Gasteiger partial charge in [-0.2, -0.15) is 0 Å². The predicted octanol–water partition coefficient (Wildman–Crippen LogP) is 4.34. The van der Waals surface area contributed by atoms with E-state index in [9.17, 15) is 23.2 Å². The molecule has 2 aromatic carbocycles. The molecule has 0 amide bonds. The van der Waals surface area contributed by atoms with Crippen LogP contribution in [-0.4, -0.2) is 30.7 Å². The summed E-state index contributed by atoms with van der Waals surface area (Å²) in [4.78, 5) is 37.3. The molecule has 0 aliphatic carbocycles. The molecule has 172 valence electrons. The van der Waals surface area contributed by atoms with Crippen LogP contribution >= 0.6 is 15.9 Å². The van der Waals surface area contributed by atoms with E-state index in [-0.39, 0.29) is 39.2 Å². The van der Waals surface area contributed by atoms with Crippen molar-refractivity contribution in [2.45, 2.75) is 13.5 Å². The van der Waals surface area contributed by atoms with Crippen LogP contribution in [0.3, 0.4) is 0 Å². The predicted molar refractivity (Wildman–Crippen MR) is 118 cm³/mol. The van der Waals surface area contributed by atoms with E-state index < -0.39 is 29.1 Å². The Bertz CT molecular complexity index is 1270. The highest BCUT2D eigenvalue weighted by Gasteiger charge is 2.19. The van der Waals surface area contributed by atoms with E-state index in [0.29, 0.717) is 5.69 Å². The molecule has 0 fully saturated rings. The molecule has 0 spiro atoms.